The first-order valence-electron chi connectivity index (χ1n) is 3.83. The molecular weight excluding hydrogens is 170 g/mol. The van der Waals surface area contributed by atoms with Crippen LogP contribution in [0, 0.1) is 0 Å². The molecular formula is C9H11NO3. The molecule has 0 saturated carbocycles. The molecule has 13 heavy (non-hydrogen) atoms. The summed E-state index contributed by atoms with van der Waals surface area (Å²) in [5.41, 5.74) is 6.54. The number of rotatable bonds is 3. The minimum atomic E-state index is -1.07. The SMILES string of the molecule is N[C@H](C(=O)O)c1cccc(CO)c1. The number of hydrogen-bond donors (Lipinski definition) is 3. The quantitative estimate of drug-likeness (QED) is 0.624. The highest BCUT2D eigenvalue weighted by atomic mass is 16.4. The molecule has 1 atom stereocenters. The van der Waals surface area contributed by atoms with Crippen LogP contribution in [0.1, 0.15) is 17.2 Å². The average molecular weight is 181 g/mol. The fourth-order valence-electron chi connectivity index (χ4n) is 1.03. The normalized spacial score (nSPS) is 12.5. The summed E-state index contributed by atoms with van der Waals surface area (Å²) in [6, 6.07) is 5.56. The molecule has 70 valence electrons. The van der Waals surface area contributed by atoms with Crippen molar-refractivity contribution in [2.24, 2.45) is 5.73 Å². The molecule has 0 unspecified atom stereocenters. The fraction of sp³-hybridized carbons (Fsp3) is 0.222. The standard InChI is InChI=1S/C9H11NO3/c10-8(9(12)13)7-3-1-2-6(4-7)5-11/h1-4,8,11H,5,10H2,(H,12,13)/t8-/m0/s1. The molecule has 0 fully saturated rings. The highest BCUT2D eigenvalue weighted by Gasteiger charge is 2.13. The first-order chi connectivity index (χ1) is 6.15. The van der Waals surface area contributed by atoms with E-state index in [1.165, 1.54) is 0 Å². The van der Waals surface area contributed by atoms with Gasteiger partial charge >= 0.3 is 5.97 Å². The van der Waals surface area contributed by atoms with Crippen molar-refractivity contribution in [1.82, 2.24) is 0 Å². The Morgan fingerprint density at radius 3 is 2.77 bits per heavy atom. The van der Waals surface area contributed by atoms with Gasteiger partial charge < -0.3 is 15.9 Å². The fourth-order valence-corrected chi connectivity index (χ4v) is 1.03. The second-order valence-electron chi connectivity index (χ2n) is 2.72. The average Bonchev–Trinajstić information content (AvgIpc) is 2.16. The third-order valence-electron chi connectivity index (χ3n) is 1.76. The monoisotopic (exact) mass is 181 g/mol. The van der Waals surface area contributed by atoms with Gasteiger partial charge in [-0.1, -0.05) is 24.3 Å². The number of aliphatic carboxylic acids is 1. The molecule has 0 bridgehead atoms. The van der Waals surface area contributed by atoms with E-state index in [9.17, 15) is 4.79 Å². The van der Waals surface area contributed by atoms with Crippen molar-refractivity contribution in [2.75, 3.05) is 0 Å². The van der Waals surface area contributed by atoms with Crippen molar-refractivity contribution >= 4 is 5.97 Å². The molecule has 0 aliphatic heterocycles. The lowest BCUT2D eigenvalue weighted by atomic mass is 10.1. The van der Waals surface area contributed by atoms with Gasteiger partial charge in [0.2, 0.25) is 0 Å². The number of benzene rings is 1. The summed E-state index contributed by atoms with van der Waals surface area (Å²) in [5.74, 6) is -1.07. The Balaban J connectivity index is 2.94. The molecule has 1 aromatic carbocycles. The maximum Gasteiger partial charge on any atom is 0.325 e. The van der Waals surface area contributed by atoms with Gasteiger partial charge in [-0.3, -0.25) is 4.79 Å². The summed E-state index contributed by atoms with van der Waals surface area (Å²) < 4.78 is 0. The molecule has 1 rings (SSSR count). The van der Waals surface area contributed by atoms with Crippen LogP contribution in [0.5, 0.6) is 0 Å². The predicted molar refractivity (Wildman–Crippen MR) is 46.9 cm³/mol. The maximum atomic E-state index is 10.5. The largest absolute Gasteiger partial charge is 0.480 e. The summed E-state index contributed by atoms with van der Waals surface area (Å²) >= 11 is 0. The van der Waals surface area contributed by atoms with Crippen LogP contribution in [0.15, 0.2) is 24.3 Å². The van der Waals surface area contributed by atoms with E-state index >= 15 is 0 Å². The summed E-state index contributed by atoms with van der Waals surface area (Å²) in [5, 5.41) is 17.4. The molecule has 0 radical (unpaired) electrons. The first-order valence-corrected chi connectivity index (χ1v) is 3.83. The summed E-state index contributed by atoms with van der Waals surface area (Å²) in [6.45, 7) is -0.111. The summed E-state index contributed by atoms with van der Waals surface area (Å²) in [4.78, 5) is 10.5. The number of nitrogens with two attached hydrogens (primary N) is 1. The molecule has 4 nitrogen and oxygen atoms in total. The van der Waals surface area contributed by atoms with Crippen LogP contribution < -0.4 is 5.73 Å². The van der Waals surface area contributed by atoms with Crippen LogP contribution in [-0.2, 0) is 11.4 Å². The second-order valence-corrected chi connectivity index (χ2v) is 2.72. The highest BCUT2D eigenvalue weighted by molar-refractivity contribution is 5.75. The van der Waals surface area contributed by atoms with Crippen LogP contribution in [0.3, 0.4) is 0 Å². The minimum absolute atomic E-state index is 0.111. The molecule has 1 aromatic rings. The molecule has 0 heterocycles. The van der Waals surface area contributed by atoms with Crippen molar-refractivity contribution in [3.8, 4) is 0 Å². The van der Waals surface area contributed by atoms with Crippen LogP contribution >= 0.6 is 0 Å². The number of aliphatic hydroxyl groups excluding tert-OH is 1. The molecule has 0 aliphatic carbocycles. The molecule has 0 aliphatic rings. The Labute approximate surface area is 75.6 Å². The van der Waals surface area contributed by atoms with E-state index in [0.717, 1.165) is 0 Å². The van der Waals surface area contributed by atoms with Crippen molar-refractivity contribution in [3.63, 3.8) is 0 Å². The van der Waals surface area contributed by atoms with Crippen LogP contribution in [-0.4, -0.2) is 16.2 Å². The van der Waals surface area contributed by atoms with Gasteiger partial charge in [0, 0.05) is 0 Å². The van der Waals surface area contributed by atoms with E-state index in [-0.39, 0.29) is 6.61 Å². The topological polar surface area (TPSA) is 83.6 Å². The van der Waals surface area contributed by atoms with Crippen molar-refractivity contribution in [3.05, 3.63) is 35.4 Å². The Kier molecular flexibility index (Phi) is 3.00. The minimum Gasteiger partial charge on any atom is -0.480 e. The van der Waals surface area contributed by atoms with Crippen molar-refractivity contribution in [2.45, 2.75) is 12.6 Å². The smallest absolute Gasteiger partial charge is 0.325 e. The van der Waals surface area contributed by atoms with Gasteiger partial charge in [0.1, 0.15) is 6.04 Å². The highest BCUT2D eigenvalue weighted by Crippen LogP contribution is 2.12. The Morgan fingerprint density at radius 2 is 2.23 bits per heavy atom. The van der Waals surface area contributed by atoms with Crippen molar-refractivity contribution in [1.29, 1.82) is 0 Å². The van der Waals surface area contributed by atoms with E-state index in [0.29, 0.717) is 11.1 Å². The zero-order chi connectivity index (χ0) is 9.84. The zero-order valence-electron chi connectivity index (χ0n) is 6.97. The van der Waals surface area contributed by atoms with Gasteiger partial charge in [-0.05, 0) is 11.1 Å². The Bertz CT molecular complexity index is 311. The van der Waals surface area contributed by atoms with Gasteiger partial charge in [-0.2, -0.15) is 0 Å². The van der Waals surface area contributed by atoms with E-state index in [1.807, 2.05) is 0 Å². The Morgan fingerprint density at radius 1 is 1.54 bits per heavy atom. The van der Waals surface area contributed by atoms with Gasteiger partial charge in [0.25, 0.3) is 0 Å². The number of carboxylic acid groups (broad SMARTS) is 1. The Hall–Kier alpha value is -1.39. The lowest BCUT2D eigenvalue weighted by Crippen LogP contribution is -2.20. The second kappa shape index (κ2) is 4.02. The molecule has 4 heteroatoms. The lowest BCUT2D eigenvalue weighted by molar-refractivity contribution is -0.138. The van der Waals surface area contributed by atoms with Gasteiger partial charge in [-0.25, -0.2) is 0 Å². The number of aliphatic hydroxyl groups is 1. The number of hydrogen-bond acceptors (Lipinski definition) is 3. The molecule has 0 spiro atoms. The van der Waals surface area contributed by atoms with E-state index in [2.05, 4.69) is 0 Å². The van der Waals surface area contributed by atoms with Crippen LogP contribution in [0.4, 0.5) is 0 Å². The third kappa shape index (κ3) is 2.27. The van der Waals surface area contributed by atoms with E-state index in [1.54, 1.807) is 24.3 Å². The van der Waals surface area contributed by atoms with Crippen molar-refractivity contribution < 1.29 is 15.0 Å². The third-order valence-corrected chi connectivity index (χ3v) is 1.76. The molecule has 0 aromatic heterocycles. The number of carbonyl (C=O) groups is 1. The molecule has 0 saturated heterocycles. The number of carboxylic acids is 1. The molecule has 0 amide bonds. The van der Waals surface area contributed by atoms with Gasteiger partial charge in [0.05, 0.1) is 6.61 Å². The van der Waals surface area contributed by atoms with Crippen LogP contribution in [0.25, 0.3) is 0 Å². The summed E-state index contributed by atoms with van der Waals surface area (Å²) in [7, 11) is 0. The first kappa shape index (κ1) is 9.70. The summed E-state index contributed by atoms with van der Waals surface area (Å²) in [6.07, 6.45) is 0. The lowest BCUT2D eigenvalue weighted by Gasteiger charge is -2.07. The zero-order valence-corrected chi connectivity index (χ0v) is 6.97. The molecule has 4 N–H and O–H groups in total. The van der Waals surface area contributed by atoms with Gasteiger partial charge in [0.15, 0.2) is 0 Å². The van der Waals surface area contributed by atoms with E-state index in [4.69, 9.17) is 15.9 Å². The van der Waals surface area contributed by atoms with E-state index < -0.39 is 12.0 Å². The predicted octanol–water partition coefficient (Wildman–Crippen LogP) is 0.263. The van der Waals surface area contributed by atoms with Crippen LogP contribution in [0.2, 0.25) is 0 Å². The maximum absolute atomic E-state index is 10.5. The van der Waals surface area contributed by atoms with Gasteiger partial charge in [-0.15, -0.1) is 0 Å².